The molecule has 0 amide bonds. The van der Waals surface area contributed by atoms with Gasteiger partial charge in [-0.1, -0.05) is 27.7 Å². The van der Waals surface area contributed by atoms with Gasteiger partial charge < -0.3 is 10.3 Å². The summed E-state index contributed by atoms with van der Waals surface area (Å²) in [6, 6.07) is 0.568. The van der Waals surface area contributed by atoms with E-state index in [1.165, 1.54) is 12.8 Å². The Morgan fingerprint density at radius 1 is 1.32 bits per heavy atom. The van der Waals surface area contributed by atoms with Crippen LogP contribution < -0.4 is 16.2 Å². The van der Waals surface area contributed by atoms with Crippen molar-refractivity contribution in [2.75, 3.05) is 16.9 Å². The molecule has 2 heterocycles. The van der Waals surface area contributed by atoms with Gasteiger partial charge in [-0.15, -0.1) is 0 Å². The number of nitrogens with two attached hydrogens (primary N) is 1. The Labute approximate surface area is 115 Å². The lowest BCUT2D eigenvalue weighted by Gasteiger charge is -2.31. The summed E-state index contributed by atoms with van der Waals surface area (Å²) in [5.74, 6) is 8.36. The molecule has 0 spiro atoms. The quantitative estimate of drug-likeness (QED) is 0.645. The number of anilines is 2. The number of nitrogen functional groups attached to an aromatic ring is 1. The summed E-state index contributed by atoms with van der Waals surface area (Å²) in [6.45, 7) is 9.94. The molecular weight excluding hydrogens is 238 g/mol. The fourth-order valence-corrected chi connectivity index (χ4v) is 3.01. The third kappa shape index (κ3) is 2.66. The normalized spacial score (nSPS) is 19.5. The number of hydrogen-bond donors (Lipinski definition) is 2. The van der Waals surface area contributed by atoms with E-state index in [0.29, 0.717) is 17.9 Å². The molecule has 2 rings (SSSR count). The van der Waals surface area contributed by atoms with Gasteiger partial charge in [-0.05, 0) is 24.7 Å². The minimum Gasteiger partial charge on any atom is -0.353 e. The maximum Gasteiger partial charge on any atom is 0.148 e. The first kappa shape index (κ1) is 14.1. The Morgan fingerprint density at radius 3 is 2.63 bits per heavy atom. The Balaban J connectivity index is 2.44. The van der Waals surface area contributed by atoms with Crippen LogP contribution in [0.5, 0.6) is 0 Å². The second-order valence-electron chi connectivity index (χ2n) is 5.91. The highest BCUT2D eigenvalue weighted by Crippen LogP contribution is 2.35. The monoisotopic (exact) mass is 263 g/mol. The summed E-state index contributed by atoms with van der Waals surface area (Å²) in [4.78, 5) is 11.2. The SMILES string of the molecule is CC(C)c1c(NN)ncnc1N1CCCC1C(C)C. The van der Waals surface area contributed by atoms with E-state index in [2.05, 4.69) is 48.0 Å². The number of rotatable bonds is 4. The van der Waals surface area contributed by atoms with Gasteiger partial charge in [0.1, 0.15) is 18.0 Å². The summed E-state index contributed by atoms with van der Waals surface area (Å²) in [5, 5.41) is 0. The lowest BCUT2D eigenvalue weighted by molar-refractivity contribution is 0.488. The highest BCUT2D eigenvalue weighted by Gasteiger charge is 2.31. The van der Waals surface area contributed by atoms with Gasteiger partial charge in [0.15, 0.2) is 0 Å². The minimum absolute atomic E-state index is 0.343. The average Bonchev–Trinajstić information content (AvgIpc) is 2.86. The molecule has 1 aliphatic heterocycles. The van der Waals surface area contributed by atoms with Crippen LogP contribution in [0.25, 0.3) is 0 Å². The van der Waals surface area contributed by atoms with Crippen molar-refractivity contribution < 1.29 is 0 Å². The van der Waals surface area contributed by atoms with Crippen molar-refractivity contribution in [1.29, 1.82) is 0 Å². The topological polar surface area (TPSA) is 67.1 Å². The van der Waals surface area contributed by atoms with Crippen LogP contribution >= 0.6 is 0 Å². The highest BCUT2D eigenvalue weighted by molar-refractivity contribution is 5.60. The molecule has 1 aromatic rings. The van der Waals surface area contributed by atoms with Crippen molar-refractivity contribution in [2.45, 2.75) is 52.5 Å². The standard InChI is InChI=1S/C14H25N5/c1-9(2)11-6-5-7-19(11)14-12(10(3)4)13(18-15)16-8-17-14/h8-11H,5-7,15H2,1-4H3,(H,16,17,18). The van der Waals surface area contributed by atoms with Crippen LogP contribution in [0.15, 0.2) is 6.33 Å². The van der Waals surface area contributed by atoms with Gasteiger partial charge in [0.05, 0.1) is 0 Å². The van der Waals surface area contributed by atoms with Gasteiger partial charge in [-0.25, -0.2) is 15.8 Å². The largest absolute Gasteiger partial charge is 0.353 e. The third-order valence-electron chi connectivity index (χ3n) is 3.92. The van der Waals surface area contributed by atoms with Crippen molar-refractivity contribution in [3.05, 3.63) is 11.9 Å². The summed E-state index contributed by atoms with van der Waals surface area (Å²) in [5.41, 5.74) is 3.83. The molecule has 0 bridgehead atoms. The smallest absolute Gasteiger partial charge is 0.148 e. The molecule has 5 nitrogen and oxygen atoms in total. The van der Waals surface area contributed by atoms with E-state index in [1.807, 2.05) is 0 Å². The molecule has 1 aliphatic rings. The molecule has 5 heteroatoms. The lowest BCUT2D eigenvalue weighted by Crippen LogP contribution is -2.35. The van der Waals surface area contributed by atoms with Crippen LogP contribution in [0.4, 0.5) is 11.6 Å². The maximum absolute atomic E-state index is 5.59. The molecule has 0 aromatic carbocycles. The Morgan fingerprint density at radius 2 is 2.05 bits per heavy atom. The van der Waals surface area contributed by atoms with E-state index >= 15 is 0 Å². The minimum atomic E-state index is 0.343. The molecule has 1 aromatic heterocycles. The Hall–Kier alpha value is -1.36. The molecule has 0 aliphatic carbocycles. The van der Waals surface area contributed by atoms with E-state index < -0.39 is 0 Å². The van der Waals surface area contributed by atoms with Crippen molar-refractivity contribution >= 4 is 11.6 Å². The van der Waals surface area contributed by atoms with E-state index in [0.717, 1.165) is 23.7 Å². The zero-order valence-electron chi connectivity index (χ0n) is 12.3. The van der Waals surface area contributed by atoms with Gasteiger partial charge in [0.25, 0.3) is 0 Å². The molecule has 1 saturated heterocycles. The van der Waals surface area contributed by atoms with E-state index in [4.69, 9.17) is 5.84 Å². The fourth-order valence-electron chi connectivity index (χ4n) is 3.01. The lowest BCUT2D eigenvalue weighted by atomic mass is 10.00. The molecule has 0 radical (unpaired) electrons. The van der Waals surface area contributed by atoms with Crippen LogP contribution in [0.2, 0.25) is 0 Å². The van der Waals surface area contributed by atoms with Crippen molar-refractivity contribution in [1.82, 2.24) is 9.97 Å². The second-order valence-corrected chi connectivity index (χ2v) is 5.91. The fraction of sp³-hybridized carbons (Fsp3) is 0.714. The molecule has 106 valence electrons. The van der Waals surface area contributed by atoms with Crippen LogP contribution in [0.1, 0.15) is 52.0 Å². The first-order valence-corrected chi connectivity index (χ1v) is 7.14. The number of nitrogens with one attached hydrogen (secondary N) is 1. The molecule has 1 atom stereocenters. The van der Waals surface area contributed by atoms with Crippen molar-refractivity contribution in [3.8, 4) is 0 Å². The molecule has 0 saturated carbocycles. The molecule has 1 unspecified atom stereocenters. The molecule has 19 heavy (non-hydrogen) atoms. The zero-order chi connectivity index (χ0) is 14.0. The van der Waals surface area contributed by atoms with Gasteiger partial charge in [-0.3, -0.25) is 0 Å². The zero-order valence-corrected chi connectivity index (χ0v) is 12.3. The second kappa shape index (κ2) is 5.74. The Bertz CT molecular complexity index is 430. The van der Waals surface area contributed by atoms with Crippen molar-refractivity contribution in [3.63, 3.8) is 0 Å². The number of hydrazine groups is 1. The van der Waals surface area contributed by atoms with Gasteiger partial charge in [-0.2, -0.15) is 0 Å². The summed E-state index contributed by atoms with van der Waals surface area (Å²) in [6.07, 6.45) is 4.08. The number of aromatic nitrogens is 2. The van der Waals surface area contributed by atoms with Gasteiger partial charge >= 0.3 is 0 Å². The van der Waals surface area contributed by atoms with Gasteiger partial charge in [0, 0.05) is 18.2 Å². The first-order chi connectivity index (χ1) is 9.06. The van der Waals surface area contributed by atoms with E-state index in [1.54, 1.807) is 6.33 Å². The predicted octanol–water partition coefficient (Wildman–Crippen LogP) is 2.51. The number of hydrogen-bond acceptors (Lipinski definition) is 5. The van der Waals surface area contributed by atoms with Crippen LogP contribution in [-0.4, -0.2) is 22.6 Å². The van der Waals surface area contributed by atoms with E-state index in [9.17, 15) is 0 Å². The number of nitrogens with zero attached hydrogens (tertiary/aromatic N) is 3. The first-order valence-electron chi connectivity index (χ1n) is 7.14. The van der Waals surface area contributed by atoms with Gasteiger partial charge in [0.2, 0.25) is 0 Å². The van der Waals surface area contributed by atoms with Crippen LogP contribution in [0, 0.1) is 5.92 Å². The average molecular weight is 263 g/mol. The Kier molecular flexibility index (Phi) is 4.24. The van der Waals surface area contributed by atoms with Crippen molar-refractivity contribution in [2.24, 2.45) is 11.8 Å². The van der Waals surface area contributed by atoms with Crippen LogP contribution in [-0.2, 0) is 0 Å². The third-order valence-corrected chi connectivity index (χ3v) is 3.92. The predicted molar refractivity (Wildman–Crippen MR) is 79.1 cm³/mol. The molecule has 3 N–H and O–H groups in total. The summed E-state index contributed by atoms with van der Waals surface area (Å²) >= 11 is 0. The molecular formula is C14H25N5. The van der Waals surface area contributed by atoms with E-state index in [-0.39, 0.29) is 0 Å². The maximum atomic E-state index is 5.59. The van der Waals surface area contributed by atoms with Crippen LogP contribution in [0.3, 0.4) is 0 Å². The highest BCUT2D eigenvalue weighted by atomic mass is 15.3. The summed E-state index contributed by atoms with van der Waals surface area (Å²) < 4.78 is 0. The molecule has 1 fully saturated rings. The summed E-state index contributed by atoms with van der Waals surface area (Å²) in [7, 11) is 0.